The molecule has 0 amide bonds. The lowest BCUT2D eigenvalue weighted by atomic mass is 9.90. The Hall–Kier alpha value is -2.74. The third-order valence-electron chi connectivity index (χ3n) is 3.72. The summed E-state index contributed by atoms with van der Waals surface area (Å²) in [7, 11) is 0. The van der Waals surface area contributed by atoms with Gasteiger partial charge in [0, 0.05) is 29.4 Å². The van der Waals surface area contributed by atoms with Crippen molar-refractivity contribution in [1.82, 2.24) is 4.57 Å². The van der Waals surface area contributed by atoms with Crippen LogP contribution in [0.4, 0.5) is 5.69 Å². The van der Waals surface area contributed by atoms with E-state index in [0.29, 0.717) is 31.0 Å². The first kappa shape index (κ1) is 17.6. The van der Waals surface area contributed by atoms with Crippen molar-refractivity contribution in [3.8, 4) is 11.8 Å². The van der Waals surface area contributed by atoms with Crippen molar-refractivity contribution in [2.75, 3.05) is 12.3 Å². The lowest BCUT2D eigenvalue weighted by Crippen LogP contribution is -2.31. The van der Waals surface area contributed by atoms with Gasteiger partial charge in [0.25, 0.3) is 5.56 Å². The fraction of sp³-hybridized carbons (Fsp3) is 0.368. The van der Waals surface area contributed by atoms with Gasteiger partial charge in [-0.1, -0.05) is 26.8 Å². The summed E-state index contributed by atoms with van der Waals surface area (Å²) >= 11 is 0. The van der Waals surface area contributed by atoms with Gasteiger partial charge < -0.3 is 15.0 Å². The predicted molar refractivity (Wildman–Crippen MR) is 95.1 cm³/mol. The second-order valence-corrected chi connectivity index (χ2v) is 6.73. The monoisotopic (exact) mass is 325 g/mol. The minimum absolute atomic E-state index is 0.166. The smallest absolute Gasteiger partial charge is 0.268 e. The number of benzene rings is 1. The van der Waals surface area contributed by atoms with Crippen LogP contribution in [-0.4, -0.2) is 11.2 Å². The van der Waals surface area contributed by atoms with Crippen LogP contribution in [0.15, 0.2) is 41.2 Å². The third-order valence-corrected chi connectivity index (χ3v) is 3.72. The largest absolute Gasteiger partial charge is 0.493 e. The molecule has 1 heterocycles. The van der Waals surface area contributed by atoms with Crippen molar-refractivity contribution in [1.29, 1.82) is 5.26 Å². The molecule has 1 aromatic carbocycles. The molecule has 0 atom stereocenters. The standard InChI is InChI=1S/C19H23N3O2/c1-19(2,3)17-9-8-14(13-20)18(23)22(17)10-5-11-24-16-7-4-6-15(21)12-16/h4,6-9,12H,5,10-11,21H2,1-3H3. The summed E-state index contributed by atoms with van der Waals surface area (Å²) in [6.07, 6.45) is 0.659. The number of pyridine rings is 1. The van der Waals surface area contributed by atoms with Crippen LogP contribution in [-0.2, 0) is 12.0 Å². The van der Waals surface area contributed by atoms with Crippen LogP contribution in [0.3, 0.4) is 0 Å². The van der Waals surface area contributed by atoms with Crippen LogP contribution in [0.2, 0.25) is 0 Å². The summed E-state index contributed by atoms with van der Waals surface area (Å²) in [4.78, 5) is 12.5. The summed E-state index contributed by atoms with van der Waals surface area (Å²) in [5, 5.41) is 9.08. The molecule has 2 rings (SSSR count). The van der Waals surface area contributed by atoms with Gasteiger partial charge in [-0.3, -0.25) is 4.79 Å². The molecule has 0 radical (unpaired) electrons. The molecule has 0 aliphatic rings. The number of nitrogens with two attached hydrogens (primary N) is 1. The first-order valence-corrected chi connectivity index (χ1v) is 7.95. The molecule has 0 fully saturated rings. The molecule has 0 saturated heterocycles. The Morgan fingerprint density at radius 2 is 2.00 bits per heavy atom. The Labute approximate surface area is 142 Å². The van der Waals surface area contributed by atoms with Crippen molar-refractivity contribution >= 4 is 5.69 Å². The van der Waals surface area contributed by atoms with Crippen molar-refractivity contribution in [2.24, 2.45) is 0 Å². The highest BCUT2D eigenvalue weighted by Crippen LogP contribution is 2.21. The molecule has 2 N–H and O–H groups in total. The summed E-state index contributed by atoms with van der Waals surface area (Å²) in [5.74, 6) is 0.712. The van der Waals surface area contributed by atoms with Gasteiger partial charge in [-0.15, -0.1) is 0 Å². The molecule has 0 aliphatic carbocycles. The fourth-order valence-corrected chi connectivity index (χ4v) is 2.56. The van der Waals surface area contributed by atoms with Gasteiger partial charge in [0.2, 0.25) is 0 Å². The van der Waals surface area contributed by atoms with E-state index >= 15 is 0 Å². The van der Waals surface area contributed by atoms with E-state index in [-0.39, 0.29) is 16.5 Å². The highest BCUT2D eigenvalue weighted by Gasteiger charge is 2.20. The lowest BCUT2D eigenvalue weighted by Gasteiger charge is -2.24. The second-order valence-electron chi connectivity index (χ2n) is 6.73. The number of nitrogen functional groups attached to an aromatic ring is 1. The van der Waals surface area contributed by atoms with Gasteiger partial charge >= 0.3 is 0 Å². The van der Waals surface area contributed by atoms with E-state index in [2.05, 4.69) is 0 Å². The maximum atomic E-state index is 12.5. The zero-order valence-corrected chi connectivity index (χ0v) is 14.4. The van der Waals surface area contributed by atoms with Gasteiger partial charge in [0.1, 0.15) is 17.4 Å². The summed E-state index contributed by atoms with van der Waals surface area (Å²) in [6, 6.07) is 12.7. The topological polar surface area (TPSA) is 81.0 Å². The number of hydrogen-bond donors (Lipinski definition) is 1. The van der Waals surface area contributed by atoms with Crippen LogP contribution in [0.5, 0.6) is 5.75 Å². The maximum absolute atomic E-state index is 12.5. The van der Waals surface area contributed by atoms with E-state index in [1.54, 1.807) is 22.8 Å². The highest BCUT2D eigenvalue weighted by molar-refractivity contribution is 5.43. The number of aromatic nitrogens is 1. The van der Waals surface area contributed by atoms with Crippen molar-refractivity contribution in [3.63, 3.8) is 0 Å². The van der Waals surface area contributed by atoms with Crippen LogP contribution in [0, 0.1) is 11.3 Å². The Balaban J connectivity index is 2.11. The minimum atomic E-state index is -0.242. The third kappa shape index (κ3) is 4.17. The quantitative estimate of drug-likeness (QED) is 0.676. The predicted octanol–water partition coefficient (Wildman–Crippen LogP) is 3.07. The van der Waals surface area contributed by atoms with E-state index in [9.17, 15) is 4.79 Å². The number of nitriles is 1. The molecule has 0 saturated carbocycles. The van der Waals surface area contributed by atoms with Gasteiger partial charge in [-0.25, -0.2) is 0 Å². The van der Waals surface area contributed by atoms with Crippen molar-refractivity contribution in [3.05, 3.63) is 58.0 Å². The Kier molecular flexibility index (Phi) is 5.30. The van der Waals surface area contributed by atoms with Crippen molar-refractivity contribution < 1.29 is 4.74 Å². The average molecular weight is 325 g/mol. The molecule has 0 unspecified atom stereocenters. The molecule has 5 nitrogen and oxygen atoms in total. The van der Waals surface area contributed by atoms with Crippen LogP contribution in [0.25, 0.3) is 0 Å². The lowest BCUT2D eigenvalue weighted by molar-refractivity contribution is 0.298. The number of hydrogen-bond acceptors (Lipinski definition) is 4. The molecule has 126 valence electrons. The fourth-order valence-electron chi connectivity index (χ4n) is 2.56. The molecule has 1 aromatic heterocycles. The SMILES string of the molecule is CC(C)(C)c1ccc(C#N)c(=O)n1CCCOc1cccc(N)c1. The Bertz CT molecular complexity index is 811. The van der Waals surface area contributed by atoms with E-state index in [1.807, 2.05) is 45.0 Å². The number of rotatable bonds is 5. The van der Waals surface area contributed by atoms with Crippen LogP contribution < -0.4 is 16.0 Å². The molecule has 5 heteroatoms. The number of anilines is 1. The van der Waals surface area contributed by atoms with Gasteiger partial charge in [-0.2, -0.15) is 5.26 Å². The van der Waals surface area contributed by atoms with Crippen LogP contribution >= 0.6 is 0 Å². The van der Waals surface area contributed by atoms with E-state index in [4.69, 9.17) is 15.7 Å². The minimum Gasteiger partial charge on any atom is -0.493 e. The second kappa shape index (κ2) is 7.22. The number of nitrogens with zero attached hydrogens (tertiary/aromatic N) is 2. The first-order valence-electron chi connectivity index (χ1n) is 7.95. The average Bonchev–Trinajstić information content (AvgIpc) is 2.51. The molecule has 0 spiro atoms. The summed E-state index contributed by atoms with van der Waals surface area (Å²) in [6.45, 7) is 7.12. The Morgan fingerprint density at radius 3 is 2.62 bits per heavy atom. The molecule has 24 heavy (non-hydrogen) atoms. The molecule has 0 bridgehead atoms. The van der Waals surface area contributed by atoms with Crippen molar-refractivity contribution in [2.45, 2.75) is 39.2 Å². The zero-order chi connectivity index (χ0) is 17.7. The van der Waals surface area contributed by atoms with E-state index in [0.717, 1.165) is 5.69 Å². The van der Waals surface area contributed by atoms with Gasteiger partial charge in [0.15, 0.2) is 0 Å². The highest BCUT2D eigenvalue weighted by atomic mass is 16.5. The maximum Gasteiger partial charge on any atom is 0.268 e. The molecule has 2 aromatic rings. The summed E-state index contributed by atoms with van der Waals surface area (Å²) in [5.41, 5.74) is 7.03. The normalized spacial score (nSPS) is 11.1. The molecular formula is C19H23N3O2. The summed E-state index contributed by atoms with van der Waals surface area (Å²) < 4.78 is 7.35. The van der Waals surface area contributed by atoms with Crippen LogP contribution in [0.1, 0.15) is 38.4 Å². The van der Waals surface area contributed by atoms with E-state index in [1.165, 1.54) is 0 Å². The Morgan fingerprint density at radius 1 is 1.25 bits per heavy atom. The molecular weight excluding hydrogens is 302 g/mol. The van der Waals surface area contributed by atoms with Gasteiger partial charge in [-0.05, 0) is 30.7 Å². The zero-order valence-electron chi connectivity index (χ0n) is 14.4. The van der Waals surface area contributed by atoms with Gasteiger partial charge in [0.05, 0.1) is 6.61 Å². The number of ether oxygens (including phenoxy) is 1. The van der Waals surface area contributed by atoms with E-state index < -0.39 is 0 Å². The first-order chi connectivity index (χ1) is 11.3. The molecule has 0 aliphatic heterocycles.